The van der Waals surface area contributed by atoms with Crippen molar-refractivity contribution in [3.8, 4) is 0 Å². The summed E-state index contributed by atoms with van der Waals surface area (Å²) in [4.78, 5) is 3.20. The van der Waals surface area contributed by atoms with Gasteiger partial charge in [-0.2, -0.15) is 0 Å². The van der Waals surface area contributed by atoms with Crippen molar-refractivity contribution in [1.29, 1.82) is 0 Å². The minimum Gasteiger partial charge on any atom is -0.362 e. The third kappa shape index (κ3) is 2.71. The van der Waals surface area contributed by atoms with E-state index in [-0.39, 0.29) is 5.82 Å². The predicted octanol–water partition coefficient (Wildman–Crippen LogP) is 4.60. The first-order chi connectivity index (χ1) is 11.7. The van der Waals surface area contributed by atoms with E-state index in [4.69, 9.17) is 12.2 Å². The Balaban J connectivity index is 1.76. The largest absolute Gasteiger partial charge is 0.362 e. The van der Waals surface area contributed by atoms with Crippen molar-refractivity contribution in [3.05, 3.63) is 71.7 Å². The highest BCUT2D eigenvalue weighted by atomic mass is 32.1. The maximum atomic E-state index is 14.0. The van der Waals surface area contributed by atoms with E-state index in [2.05, 4.69) is 27.8 Å². The van der Waals surface area contributed by atoms with Crippen LogP contribution in [0.3, 0.4) is 0 Å². The van der Waals surface area contributed by atoms with Crippen LogP contribution in [0.4, 0.5) is 4.39 Å². The van der Waals surface area contributed by atoms with Gasteiger partial charge in [-0.3, -0.25) is 0 Å². The van der Waals surface area contributed by atoms with Gasteiger partial charge < -0.3 is 9.47 Å². The monoisotopic (exact) mass is 338 g/mol. The van der Waals surface area contributed by atoms with Crippen LogP contribution in [0.15, 0.2) is 54.7 Å². The molecule has 0 bridgehead atoms. The molecule has 2 nitrogen and oxygen atoms in total. The summed E-state index contributed by atoms with van der Waals surface area (Å²) >= 11 is 5.75. The zero-order chi connectivity index (χ0) is 16.5. The summed E-state index contributed by atoms with van der Waals surface area (Å²) in [5, 5.41) is 1.14. The summed E-state index contributed by atoms with van der Waals surface area (Å²) in [6.07, 6.45) is 4.49. The van der Waals surface area contributed by atoms with E-state index < -0.39 is 0 Å². The first-order valence-electron chi connectivity index (χ1n) is 8.34. The van der Waals surface area contributed by atoms with E-state index in [1.807, 2.05) is 24.3 Å². The average Bonchev–Trinajstić information content (AvgIpc) is 3.25. The Labute approximate surface area is 146 Å². The van der Waals surface area contributed by atoms with Crippen LogP contribution in [-0.4, -0.2) is 27.5 Å². The molecule has 0 spiro atoms. The molecule has 4 rings (SSSR count). The number of hydrogen-bond acceptors (Lipinski definition) is 1. The van der Waals surface area contributed by atoms with Gasteiger partial charge in [-0.05, 0) is 25.0 Å². The van der Waals surface area contributed by atoms with Crippen molar-refractivity contribution in [2.75, 3.05) is 13.1 Å². The Morgan fingerprint density at radius 1 is 1.00 bits per heavy atom. The Morgan fingerprint density at radius 2 is 1.71 bits per heavy atom. The van der Waals surface area contributed by atoms with E-state index in [0.717, 1.165) is 34.5 Å². The Kier molecular flexibility index (Phi) is 4.07. The molecule has 4 heteroatoms. The van der Waals surface area contributed by atoms with Crippen molar-refractivity contribution in [1.82, 2.24) is 9.47 Å². The normalized spacial score (nSPS) is 14.5. The maximum absolute atomic E-state index is 14.0. The number of para-hydroxylation sites is 1. The third-order valence-electron chi connectivity index (χ3n) is 4.71. The molecule has 2 aromatic carbocycles. The van der Waals surface area contributed by atoms with E-state index in [1.165, 1.54) is 18.9 Å². The highest BCUT2D eigenvalue weighted by Gasteiger charge is 2.20. The lowest BCUT2D eigenvalue weighted by atomic mass is 10.1. The van der Waals surface area contributed by atoms with Crippen LogP contribution in [0.2, 0.25) is 0 Å². The molecule has 0 unspecified atom stereocenters. The highest BCUT2D eigenvalue weighted by Crippen LogP contribution is 2.26. The number of benzene rings is 2. The highest BCUT2D eigenvalue weighted by molar-refractivity contribution is 7.80. The standard InChI is InChI=1S/C20H19FN2S/c21-18-9-3-1-7-15(18)13-23-14-17(16-8-2-4-10-19(16)23)20(24)22-11-5-6-12-22/h1-4,7-10,14H,5-6,11-13H2. The summed E-state index contributed by atoms with van der Waals surface area (Å²) in [5.41, 5.74) is 2.87. The molecule has 0 amide bonds. The second-order valence-electron chi connectivity index (χ2n) is 6.28. The third-order valence-corrected chi connectivity index (χ3v) is 5.19. The van der Waals surface area contributed by atoms with Gasteiger partial charge in [-0.15, -0.1) is 0 Å². The first kappa shape index (κ1) is 15.3. The van der Waals surface area contributed by atoms with Crippen LogP contribution in [0.1, 0.15) is 24.0 Å². The number of hydrogen-bond donors (Lipinski definition) is 0. The summed E-state index contributed by atoms with van der Waals surface area (Å²) in [6, 6.07) is 15.2. The lowest BCUT2D eigenvalue weighted by Crippen LogP contribution is -2.26. The Hall–Kier alpha value is -2.20. The fourth-order valence-corrected chi connectivity index (χ4v) is 3.79. The van der Waals surface area contributed by atoms with Crippen molar-refractivity contribution in [2.45, 2.75) is 19.4 Å². The zero-order valence-corrected chi connectivity index (χ0v) is 14.2. The summed E-state index contributed by atoms with van der Waals surface area (Å²) in [5.74, 6) is -0.168. The second kappa shape index (κ2) is 6.36. The molecular weight excluding hydrogens is 319 g/mol. The van der Waals surface area contributed by atoms with Crippen LogP contribution in [0.25, 0.3) is 10.9 Å². The molecule has 0 radical (unpaired) electrons. The molecule has 0 saturated carbocycles. The number of fused-ring (bicyclic) bond motifs is 1. The number of likely N-dealkylation sites (tertiary alicyclic amines) is 1. The van der Waals surface area contributed by atoms with Gasteiger partial charge in [0.2, 0.25) is 0 Å². The number of aromatic nitrogens is 1. The summed E-state index contributed by atoms with van der Waals surface area (Å²) in [6.45, 7) is 2.58. The minimum absolute atomic E-state index is 0.168. The fraction of sp³-hybridized carbons (Fsp3) is 0.250. The molecular formula is C20H19FN2S. The van der Waals surface area contributed by atoms with E-state index in [0.29, 0.717) is 12.1 Å². The van der Waals surface area contributed by atoms with Crippen molar-refractivity contribution in [2.24, 2.45) is 0 Å². The molecule has 1 saturated heterocycles. The van der Waals surface area contributed by atoms with Crippen LogP contribution >= 0.6 is 12.2 Å². The van der Waals surface area contributed by atoms with Gasteiger partial charge in [0.05, 0.1) is 6.54 Å². The SMILES string of the molecule is Fc1ccccc1Cn1cc(C(=S)N2CCCC2)c2ccccc21. The lowest BCUT2D eigenvalue weighted by Gasteiger charge is -2.17. The molecule has 1 aliphatic heterocycles. The van der Waals surface area contributed by atoms with Crippen molar-refractivity contribution < 1.29 is 4.39 Å². The summed E-state index contributed by atoms with van der Waals surface area (Å²) in [7, 11) is 0. The fourth-order valence-electron chi connectivity index (χ4n) is 3.45. The molecule has 122 valence electrons. The van der Waals surface area contributed by atoms with Gasteiger partial charge in [-0.1, -0.05) is 48.6 Å². The van der Waals surface area contributed by atoms with Gasteiger partial charge >= 0.3 is 0 Å². The van der Waals surface area contributed by atoms with E-state index in [9.17, 15) is 4.39 Å². The molecule has 1 fully saturated rings. The van der Waals surface area contributed by atoms with Crippen molar-refractivity contribution in [3.63, 3.8) is 0 Å². The molecule has 0 aliphatic carbocycles. The van der Waals surface area contributed by atoms with Gasteiger partial charge in [0.1, 0.15) is 10.8 Å². The van der Waals surface area contributed by atoms with Gasteiger partial charge in [0, 0.05) is 41.3 Å². The maximum Gasteiger partial charge on any atom is 0.128 e. The molecule has 0 N–H and O–H groups in total. The van der Waals surface area contributed by atoms with Crippen LogP contribution in [0, 0.1) is 5.82 Å². The van der Waals surface area contributed by atoms with Crippen LogP contribution in [-0.2, 0) is 6.54 Å². The van der Waals surface area contributed by atoms with Crippen molar-refractivity contribution >= 4 is 28.1 Å². The molecule has 24 heavy (non-hydrogen) atoms. The quantitative estimate of drug-likeness (QED) is 0.645. The number of halogens is 1. The number of thiocarbonyl (C=S) groups is 1. The van der Waals surface area contributed by atoms with Gasteiger partial charge in [0.15, 0.2) is 0 Å². The first-order valence-corrected chi connectivity index (χ1v) is 8.75. The van der Waals surface area contributed by atoms with Crippen LogP contribution in [0.5, 0.6) is 0 Å². The van der Waals surface area contributed by atoms with Gasteiger partial charge in [0.25, 0.3) is 0 Å². The molecule has 0 atom stereocenters. The molecule has 1 aromatic heterocycles. The second-order valence-corrected chi connectivity index (χ2v) is 6.67. The minimum atomic E-state index is -0.168. The number of rotatable bonds is 3. The topological polar surface area (TPSA) is 8.17 Å². The number of nitrogens with zero attached hydrogens (tertiary/aromatic N) is 2. The Morgan fingerprint density at radius 3 is 2.50 bits per heavy atom. The predicted molar refractivity (Wildman–Crippen MR) is 99.9 cm³/mol. The van der Waals surface area contributed by atoms with E-state index in [1.54, 1.807) is 6.07 Å². The van der Waals surface area contributed by atoms with E-state index >= 15 is 0 Å². The Bertz CT molecular complexity index is 894. The molecule has 2 heterocycles. The summed E-state index contributed by atoms with van der Waals surface area (Å²) < 4.78 is 16.1. The average molecular weight is 338 g/mol. The molecule has 3 aromatic rings. The lowest BCUT2D eigenvalue weighted by molar-refractivity contribution is 0.530. The molecule has 1 aliphatic rings. The van der Waals surface area contributed by atoms with Gasteiger partial charge in [-0.25, -0.2) is 4.39 Å². The van der Waals surface area contributed by atoms with Crippen LogP contribution < -0.4 is 0 Å². The smallest absolute Gasteiger partial charge is 0.128 e. The zero-order valence-electron chi connectivity index (χ0n) is 13.4.